The van der Waals surface area contributed by atoms with Gasteiger partial charge in [-0.2, -0.15) is 5.26 Å². The van der Waals surface area contributed by atoms with Crippen LogP contribution in [-0.2, 0) is 0 Å². The van der Waals surface area contributed by atoms with E-state index in [1.165, 1.54) is 23.9 Å². The van der Waals surface area contributed by atoms with Crippen molar-refractivity contribution in [2.45, 2.75) is 4.90 Å². The Morgan fingerprint density at radius 1 is 1.62 bits per heavy atom. The topological polar surface area (TPSA) is 61.1 Å². The molecule has 0 saturated carbocycles. The van der Waals surface area contributed by atoms with E-state index in [4.69, 9.17) is 10.4 Å². The standard InChI is InChI=1S/C9H7NO2S/c1-13-8-3-2-6(9(11)12)4-7(8)5-10/h2-4H,1H3,(H,11,12). The summed E-state index contributed by atoms with van der Waals surface area (Å²) in [5.41, 5.74) is 0.557. The second-order valence-electron chi connectivity index (χ2n) is 2.33. The van der Waals surface area contributed by atoms with Gasteiger partial charge in [0, 0.05) is 4.90 Å². The summed E-state index contributed by atoms with van der Waals surface area (Å²) < 4.78 is 0. The normalized spacial score (nSPS) is 9.23. The minimum atomic E-state index is -1.01. The van der Waals surface area contributed by atoms with E-state index in [-0.39, 0.29) is 5.56 Å². The highest BCUT2D eigenvalue weighted by Gasteiger charge is 2.06. The van der Waals surface area contributed by atoms with Crippen LogP contribution in [0.3, 0.4) is 0 Å². The molecule has 0 amide bonds. The van der Waals surface area contributed by atoms with Crippen molar-refractivity contribution in [3.05, 3.63) is 29.3 Å². The molecule has 13 heavy (non-hydrogen) atoms. The molecular formula is C9H7NO2S. The van der Waals surface area contributed by atoms with Crippen LogP contribution in [0.5, 0.6) is 0 Å². The van der Waals surface area contributed by atoms with Crippen molar-refractivity contribution in [3.8, 4) is 6.07 Å². The van der Waals surface area contributed by atoms with Crippen LogP contribution in [-0.4, -0.2) is 17.3 Å². The number of benzene rings is 1. The van der Waals surface area contributed by atoms with E-state index >= 15 is 0 Å². The quantitative estimate of drug-likeness (QED) is 0.729. The molecule has 4 heteroatoms. The maximum Gasteiger partial charge on any atom is 0.335 e. The van der Waals surface area contributed by atoms with Gasteiger partial charge in [0.2, 0.25) is 0 Å². The van der Waals surface area contributed by atoms with Crippen LogP contribution in [0.2, 0.25) is 0 Å². The van der Waals surface area contributed by atoms with Crippen LogP contribution >= 0.6 is 11.8 Å². The number of nitrogens with zero attached hydrogens (tertiary/aromatic N) is 1. The Kier molecular flexibility index (Phi) is 2.93. The average Bonchev–Trinajstić information content (AvgIpc) is 2.16. The van der Waals surface area contributed by atoms with Gasteiger partial charge in [0.25, 0.3) is 0 Å². The lowest BCUT2D eigenvalue weighted by molar-refractivity contribution is 0.0697. The van der Waals surface area contributed by atoms with Crippen LogP contribution < -0.4 is 0 Å². The molecule has 3 nitrogen and oxygen atoms in total. The number of aromatic carboxylic acids is 1. The van der Waals surface area contributed by atoms with Crippen molar-refractivity contribution in [2.75, 3.05) is 6.26 Å². The third-order valence-corrected chi connectivity index (χ3v) is 2.36. The molecule has 1 aromatic carbocycles. The van der Waals surface area contributed by atoms with Crippen molar-refractivity contribution in [2.24, 2.45) is 0 Å². The second-order valence-corrected chi connectivity index (χ2v) is 3.18. The first-order valence-corrected chi connectivity index (χ1v) is 4.73. The first kappa shape index (κ1) is 9.62. The molecule has 1 rings (SSSR count). The molecule has 0 aliphatic rings. The summed E-state index contributed by atoms with van der Waals surface area (Å²) in [7, 11) is 0. The summed E-state index contributed by atoms with van der Waals surface area (Å²) in [6.07, 6.45) is 1.84. The van der Waals surface area contributed by atoms with E-state index in [1.54, 1.807) is 6.07 Å². The van der Waals surface area contributed by atoms with Gasteiger partial charge in [0.1, 0.15) is 6.07 Å². The molecule has 0 fully saturated rings. The SMILES string of the molecule is CSc1ccc(C(=O)O)cc1C#N. The number of carbonyl (C=O) groups is 1. The molecule has 0 aromatic heterocycles. The van der Waals surface area contributed by atoms with E-state index in [2.05, 4.69) is 0 Å². The lowest BCUT2D eigenvalue weighted by Gasteiger charge is -2.00. The molecule has 1 aromatic rings. The molecule has 0 unspecified atom stereocenters. The van der Waals surface area contributed by atoms with Crippen LogP contribution in [0.4, 0.5) is 0 Å². The fraction of sp³-hybridized carbons (Fsp3) is 0.111. The smallest absolute Gasteiger partial charge is 0.335 e. The summed E-state index contributed by atoms with van der Waals surface area (Å²) in [6, 6.07) is 6.48. The lowest BCUT2D eigenvalue weighted by atomic mass is 10.1. The number of thioether (sulfide) groups is 1. The van der Waals surface area contributed by atoms with Gasteiger partial charge in [-0.15, -0.1) is 11.8 Å². The van der Waals surface area contributed by atoms with E-state index in [0.717, 1.165) is 4.90 Å². The van der Waals surface area contributed by atoms with E-state index in [9.17, 15) is 4.79 Å². The van der Waals surface area contributed by atoms with Gasteiger partial charge >= 0.3 is 5.97 Å². The molecular weight excluding hydrogens is 186 g/mol. The highest BCUT2D eigenvalue weighted by Crippen LogP contribution is 2.20. The first-order valence-electron chi connectivity index (χ1n) is 3.50. The largest absolute Gasteiger partial charge is 0.478 e. The third-order valence-electron chi connectivity index (χ3n) is 1.57. The minimum absolute atomic E-state index is 0.148. The Hall–Kier alpha value is -1.47. The molecule has 0 radical (unpaired) electrons. The van der Waals surface area contributed by atoms with E-state index in [1.807, 2.05) is 12.3 Å². The van der Waals surface area contributed by atoms with Crippen LogP contribution in [0.1, 0.15) is 15.9 Å². The average molecular weight is 193 g/mol. The predicted molar refractivity (Wildman–Crippen MR) is 49.9 cm³/mol. The van der Waals surface area contributed by atoms with Crippen LogP contribution in [0.25, 0.3) is 0 Å². The Morgan fingerprint density at radius 2 is 2.31 bits per heavy atom. The number of hydrogen-bond acceptors (Lipinski definition) is 3. The Labute approximate surface area is 80.0 Å². The Bertz CT molecular complexity index is 382. The summed E-state index contributed by atoms with van der Waals surface area (Å²) in [5.74, 6) is -1.01. The molecule has 0 heterocycles. The van der Waals surface area contributed by atoms with E-state index in [0.29, 0.717) is 5.56 Å². The van der Waals surface area contributed by atoms with Gasteiger partial charge in [-0.25, -0.2) is 4.79 Å². The van der Waals surface area contributed by atoms with Gasteiger partial charge in [0.05, 0.1) is 11.1 Å². The molecule has 1 N–H and O–H groups in total. The molecule has 0 saturated heterocycles. The van der Waals surface area contributed by atoms with Crippen molar-refractivity contribution < 1.29 is 9.90 Å². The molecule has 0 bridgehead atoms. The fourth-order valence-corrected chi connectivity index (χ4v) is 1.46. The monoisotopic (exact) mass is 193 g/mol. The number of carboxylic acid groups (broad SMARTS) is 1. The second kappa shape index (κ2) is 3.97. The molecule has 0 aliphatic heterocycles. The zero-order valence-electron chi connectivity index (χ0n) is 6.94. The van der Waals surface area contributed by atoms with Crippen molar-refractivity contribution in [3.63, 3.8) is 0 Å². The highest BCUT2D eigenvalue weighted by molar-refractivity contribution is 7.98. The molecule has 0 aliphatic carbocycles. The number of nitriles is 1. The molecule has 0 spiro atoms. The predicted octanol–water partition coefficient (Wildman–Crippen LogP) is 1.98. The van der Waals surface area contributed by atoms with Gasteiger partial charge < -0.3 is 5.11 Å². The van der Waals surface area contributed by atoms with Gasteiger partial charge in [-0.1, -0.05) is 0 Å². The maximum atomic E-state index is 10.6. The number of rotatable bonds is 2. The lowest BCUT2D eigenvalue weighted by Crippen LogP contribution is -1.96. The highest BCUT2D eigenvalue weighted by atomic mass is 32.2. The van der Waals surface area contributed by atoms with Gasteiger partial charge in [-0.05, 0) is 24.5 Å². The summed E-state index contributed by atoms with van der Waals surface area (Å²) in [5, 5.41) is 17.4. The van der Waals surface area contributed by atoms with Crippen LogP contribution in [0.15, 0.2) is 23.1 Å². The van der Waals surface area contributed by atoms with Crippen LogP contribution in [0, 0.1) is 11.3 Å². The Morgan fingerprint density at radius 3 is 2.77 bits per heavy atom. The zero-order valence-corrected chi connectivity index (χ0v) is 7.76. The van der Waals surface area contributed by atoms with Gasteiger partial charge in [0.15, 0.2) is 0 Å². The van der Waals surface area contributed by atoms with Gasteiger partial charge in [-0.3, -0.25) is 0 Å². The van der Waals surface area contributed by atoms with Crippen molar-refractivity contribution in [1.29, 1.82) is 5.26 Å². The summed E-state index contributed by atoms with van der Waals surface area (Å²) in [6.45, 7) is 0. The first-order chi connectivity index (χ1) is 6.19. The van der Waals surface area contributed by atoms with E-state index < -0.39 is 5.97 Å². The maximum absolute atomic E-state index is 10.6. The zero-order chi connectivity index (χ0) is 9.84. The number of hydrogen-bond donors (Lipinski definition) is 1. The van der Waals surface area contributed by atoms with Crippen molar-refractivity contribution in [1.82, 2.24) is 0 Å². The Balaban J connectivity index is 3.23. The third kappa shape index (κ3) is 2.01. The summed E-state index contributed by atoms with van der Waals surface area (Å²) in [4.78, 5) is 11.4. The fourth-order valence-electron chi connectivity index (χ4n) is 0.928. The minimum Gasteiger partial charge on any atom is -0.478 e. The van der Waals surface area contributed by atoms with Crippen molar-refractivity contribution >= 4 is 17.7 Å². The molecule has 0 atom stereocenters. The number of carboxylic acids is 1. The summed E-state index contributed by atoms with van der Waals surface area (Å²) >= 11 is 1.42. The molecule has 66 valence electrons.